The average molecular weight is 275 g/mol. The molecule has 0 bridgehead atoms. The maximum absolute atomic E-state index is 11.7. The number of benzene rings is 2. The monoisotopic (exact) mass is 274 g/mol. The van der Waals surface area contributed by atoms with Gasteiger partial charge in [0, 0.05) is 17.0 Å². The lowest BCUT2D eigenvalue weighted by atomic mass is 10.1. The van der Waals surface area contributed by atoms with Crippen LogP contribution in [0.4, 0.5) is 0 Å². The van der Waals surface area contributed by atoms with Crippen molar-refractivity contribution in [3.8, 4) is 11.5 Å². The fourth-order valence-corrected chi connectivity index (χ4v) is 1.84. The van der Waals surface area contributed by atoms with Crippen molar-refractivity contribution in [1.29, 1.82) is 0 Å². The summed E-state index contributed by atoms with van der Waals surface area (Å²) in [5.74, 6) is 1.59. The SMILES string of the molecule is CCCC(=O)c1ccc(Oc2ccc(Cl)cc2)cc1. The fraction of sp³-hybridized carbons (Fsp3) is 0.188. The van der Waals surface area contributed by atoms with E-state index in [2.05, 4.69) is 0 Å². The van der Waals surface area contributed by atoms with Crippen LogP contribution in [0.25, 0.3) is 0 Å². The number of hydrogen-bond donors (Lipinski definition) is 0. The second-order valence-corrected chi connectivity index (χ2v) is 4.69. The second-order valence-electron chi connectivity index (χ2n) is 4.25. The van der Waals surface area contributed by atoms with Gasteiger partial charge in [-0.2, -0.15) is 0 Å². The molecule has 2 aromatic carbocycles. The zero-order valence-corrected chi connectivity index (χ0v) is 11.5. The number of halogens is 1. The zero-order valence-electron chi connectivity index (χ0n) is 10.7. The highest BCUT2D eigenvalue weighted by Crippen LogP contribution is 2.23. The predicted molar refractivity (Wildman–Crippen MR) is 77.2 cm³/mol. The molecule has 0 heterocycles. The fourth-order valence-electron chi connectivity index (χ4n) is 1.72. The summed E-state index contributed by atoms with van der Waals surface area (Å²) in [6.07, 6.45) is 1.44. The third-order valence-electron chi connectivity index (χ3n) is 2.70. The van der Waals surface area contributed by atoms with Crippen molar-refractivity contribution >= 4 is 17.4 Å². The van der Waals surface area contributed by atoms with E-state index in [9.17, 15) is 4.79 Å². The molecule has 0 atom stereocenters. The maximum Gasteiger partial charge on any atom is 0.162 e. The Morgan fingerprint density at radius 3 is 2.05 bits per heavy atom. The van der Waals surface area contributed by atoms with Gasteiger partial charge < -0.3 is 4.74 Å². The Morgan fingerprint density at radius 1 is 1.00 bits per heavy atom. The van der Waals surface area contributed by atoms with Gasteiger partial charge in [-0.05, 0) is 55.0 Å². The number of ketones is 1. The lowest BCUT2D eigenvalue weighted by Crippen LogP contribution is -1.97. The van der Waals surface area contributed by atoms with E-state index in [1.807, 2.05) is 6.92 Å². The van der Waals surface area contributed by atoms with Crippen LogP contribution in [0.2, 0.25) is 5.02 Å². The molecule has 2 nitrogen and oxygen atoms in total. The summed E-state index contributed by atoms with van der Waals surface area (Å²) in [5, 5.41) is 0.674. The summed E-state index contributed by atoms with van der Waals surface area (Å²) in [4.78, 5) is 11.7. The largest absolute Gasteiger partial charge is 0.457 e. The van der Waals surface area contributed by atoms with Gasteiger partial charge in [-0.3, -0.25) is 4.79 Å². The molecule has 0 saturated heterocycles. The minimum atomic E-state index is 0.167. The standard InChI is InChI=1S/C16H15ClO2/c1-2-3-16(18)12-4-8-14(9-5-12)19-15-10-6-13(17)7-11-15/h4-11H,2-3H2,1H3. The molecule has 19 heavy (non-hydrogen) atoms. The molecule has 0 amide bonds. The van der Waals surface area contributed by atoms with Crippen molar-refractivity contribution in [3.05, 3.63) is 59.1 Å². The van der Waals surface area contributed by atoms with Crippen molar-refractivity contribution in [2.75, 3.05) is 0 Å². The van der Waals surface area contributed by atoms with Gasteiger partial charge in [0.1, 0.15) is 11.5 Å². The third kappa shape index (κ3) is 3.83. The molecule has 3 heteroatoms. The van der Waals surface area contributed by atoms with E-state index in [4.69, 9.17) is 16.3 Å². The Balaban J connectivity index is 2.06. The Morgan fingerprint density at radius 2 is 1.53 bits per heavy atom. The van der Waals surface area contributed by atoms with E-state index in [1.54, 1.807) is 48.5 Å². The smallest absolute Gasteiger partial charge is 0.162 e. The van der Waals surface area contributed by atoms with Crippen molar-refractivity contribution in [3.63, 3.8) is 0 Å². The van der Waals surface area contributed by atoms with Gasteiger partial charge in [-0.15, -0.1) is 0 Å². The summed E-state index contributed by atoms with van der Waals surface area (Å²) in [5.41, 5.74) is 0.727. The predicted octanol–water partition coefficient (Wildman–Crippen LogP) is 5.12. The molecule has 2 aromatic rings. The first kappa shape index (κ1) is 13.6. The number of carbonyl (C=O) groups excluding carboxylic acids is 1. The van der Waals surface area contributed by atoms with E-state index in [-0.39, 0.29) is 5.78 Å². The molecule has 0 aliphatic heterocycles. The molecule has 0 aromatic heterocycles. The summed E-state index contributed by atoms with van der Waals surface area (Å²) >= 11 is 5.81. The van der Waals surface area contributed by atoms with E-state index in [0.29, 0.717) is 17.2 Å². The number of Topliss-reactive ketones (excluding diaryl/α,β-unsaturated/α-hetero) is 1. The average Bonchev–Trinajstić information content (AvgIpc) is 2.42. The highest BCUT2D eigenvalue weighted by Gasteiger charge is 2.04. The highest BCUT2D eigenvalue weighted by molar-refractivity contribution is 6.30. The van der Waals surface area contributed by atoms with Gasteiger partial charge in [-0.1, -0.05) is 18.5 Å². The van der Waals surface area contributed by atoms with Crippen LogP contribution < -0.4 is 4.74 Å². The normalized spacial score (nSPS) is 10.2. The molecule has 0 fully saturated rings. The molecule has 0 aliphatic rings. The molecule has 0 unspecified atom stereocenters. The number of rotatable bonds is 5. The van der Waals surface area contributed by atoms with E-state index < -0.39 is 0 Å². The second kappa shape index (κ2) is 6.39. The molecule has 0 saturated carbocycles. The van der Waals surface area contributed by atoms with Crippen LogP contribution >= 0.6 is 11.6 Å². The van der Waals surface area contributed by atoms with Gasteiger partial charge in [0.05, 0.1) is 0 Å². The van der Waals surface area contributed by atoms with E-state index in [1.165, 1.54) is 0 Å². The molecular weight excluding hydrogens is 260 g/mol. The Kier molecular flexibility index (Phi) is 4.58. The summed E-state index contributed by atoms with van der Waals surface area (Å²) in [6.45, 7) is 2.00. The molecule has 2 rings (SSSR count). The number of ether oxygens (including phenoxy) is 1. The molecule has 0 N–H and O–H groups in total. The van der Waals surface area contributed by atoms with Crippen LogP contribution in [0.5, 0.6) is 11.5 Å². The van der Waals surface area contributed by atoms with Crippen molar-refractivity contribution in [2.45, 2.75) is 19.8 Å². The van der Waals surface area contributed by atoms with Crippen LogP contribution in [-0.4, -0.2) is 5.78 Å². The summed E-state index contributed by atoms with van der Waals surface area (Å²) in [7, 11) is 0. The molecule has 0 spiro atoms. The van der Waals surface area contributed by atoms with Crippen LogP contribution in [0.15, 0.2) is 48.5 Å². The number of carbonyl (C=O) groups is 1. The van der Waals surface area contributed by atoms with Crippen LogP contribution in [-0.2, 0) is 0 Å². The first-order valence-electron chi connectivity index (χ1n) is 6.25. The maximum atomic E-state index is 11.7. The Labute approximate surface area is 118 Å². The lowest BCUT2D eigenvalue weighted by Gasteiger charge is -2.06. The van der Waals surface area contributed by atoms with E-state index >= 15 is 0 Å². The van der Waals surface area contributed by atoms with E-state index in [0.717, 1.165) is 17.7 Å². The van der Waals surface area contributed by atoms with Crippen LogP contribution in [0.3, 0.4) is 0 Å². The topological polar surface area (TPSA) is 26.3 Å². The van der Waals surface area contributed by atoms with Crippen molar-refractivity contribution < 1.29 is 9.53 Å². The van der Waals surface area contributed by atoms with Gasteiger partial charge in [0.2, 0.25) is 0 Å². The summed E-state index contributed by atoms with van der Waals surface area (Å²) in [6, 6.07) is 14.4. The van der Waals surface area contributed by atoms with Crippen molar-refractivity contribution in [1.82, 2.24) is 0 Å². The molecule has 0 aliphatic carbocycles. The first-order valence-corrected chi connectivity index (χ1v) is 6.63. The van der Waals surface area contributed by atoms with Gasteiger partial charge >= 0.3 is 0 Å². The Hall–Kier alpha value is -1.80. The van der Waals surface area contributed by atoms with Gasteiger partial charge in [0.25, 0.3) is 0 Å². The Bertz CT molecular complexity index is 544. The highest BCUT2D eigenvalue weighted by atomic mass is 35.5. The van der Waals surface area contributed by atoms with Gasteiger partial charge in [0.15, 0.2) is 5.78 Å². The van der Waals surface area contributed by atoms with Crippen molar-refractivity contribution in [2.24, 2.45) is 0 Å². The lowest BCUT2D eigenvalue weighted by molar-refractivity contribution is 0.0982. The molecule has 98 valence electrons. The first-order chi connectivity index (χ1) is 9.19. The third-order valence-corrected chi connectivity index (χ3v) is 2.95. The molecule has 0 radical (unpaired) electrons. The quantitative estimate of drug-likeness (QED) is 0.708. The summed E-state index contributed by atoms with van der Waals surface area (Å²) < 4.78 is 5.66. The molecular formula is C16H15ClO2. The van der Waals surface area contributed by atoms with Crippen LogP contribution in [0.1, 0.15) is 30.1 Å². The number of hydrogen-bond acceptors (Lipinski definition) is 2. The van der Waals surface area contributed by atoms with Gasteiger partial charge in [-0.25, -0.2) is 0 Å². The minimum Gasteiger partial charge on any atom is -0.457 e. The minimum absolute atomic E-state index is 0.167. The van der Waals surface area contributed by atoms with Crippen LogP contribution in [0, 0.1) is 0 Å². The zero-order chi connectivity index (χ0) is 13.7.